The van der Waals surface area contributed by atoms with Crippen LogP contribution in [-0.4, -0.2) is 101 Å². The lowest BCUT2D eigenvalue weighted by atomic mass is 10.1. The van der Waals surface area contributed by atoms with Crippen LogP contribution in [0.4, 0.5) is 0 Å². The number of pyridine rings is 2. The molecule has 2 aliphatic rings. The summed E-state index contributed by atoms with van der Waals surface area (Å²) in [6.45, 7) is 11.7. The van der Waals surface area contributed by atoms with E-state index in [1.165, 1.54) is 4.90 Å². The van der Waals surface area contributed by atoms with Crippen LogP contribution in [0.3, 0.4) is 0 Å². The molecular weight excluding hydrogens is 876 g/mol. The highest BCUT2D eigenvalue weighted by molar-refractivity contribution is 5.78. The van der Waals surface area contributed by atoms with Crippen LogP contribution >= 0.6 is 0 Å². The van der Waals surface area contributed by atoms with Crippen molar-refractivity contribution in [2.45, 2.75) is 25.9 Å². The molecule has 0 atom stereocenters. The van der Waals surface area contributed by atoms with Gasteiger partial charge in [-0.05, 0) is 58.7 Å². The molecule has 4 aromatic carbocycles. The van der Waals surface area contributed by atoms with Crippen molar-refractivity contribution in [3.63, 3.8) is 0 Å². The Bertz CT molecular complexity index is 2120. The van der Waals surface area contributed by atoms with Crippen molar-refractivity contribution in [2.24, 2.45) is 0 Å². The lowest BCUT2D eigenvalue weighted by molar-refractivity contribution is -0.908. The molecule has 2 aliphatic heterocycles. The molecule has 2 fully saturated rings. The molecule has 0 saturated carbocycles. The number of carbonyl (C=O) groups excluding carboxylic acids is 2. The fourth-order valence-electron chi connectivity index (χ4n) is 7.33. The molecule has 0 spiro atoms. The number of benzene rings is 4. The molecule has 14 heteroatoms. The standard InChI is InChI=1S/2C26H29N3O3.2ClH/c2*30-26(28-19-21-4-2-1-3-5-21)18-24-9-6-23(20-27-24)22-7-10-25(11-8-22)32-17-14-29-12-15-31-16-13-29;;/h2*1-11,20H,12-19H2,(H,28,30);2*1H. The number of halogens is 2. The van der Waals surface area contributed by atoms with E-state index in [-0.39, 0.29) is 43.0 Å². The molecule has 6 aromatic rings. The smallest absolute Gasteiger partial charge is 0.230 e. The Morgan fingerprint density at radius 1 is 0.606 bits per heavy atom. The van der Waals surface area contributed by atoms with Crippen LogP contribution in [0.25, 0.3) is 22.3 Å². The van der Waals surface area contributed by atoms with Gasteiger partial charge >= 0.3 is 0 Å². The minimum absolute atomic E-state index is 0. The molecule has 0 unspecified atom stereocenters. The first-order valence-electron chi connectivity index (χ1n) is 22.3. The predicted molar refractivity (Wildman–Crippen MR) is 247 cm³/mol. The van der Waals surface area contributed by atoms with Crippen molar-refractivity contribution in [3.8, 4) is 33.8 Å². The summed E-state index contributed by atoms with van der Waals surface area (Å²) in [6.07, 6.45) is 4.35. The molecule has 2 aromatic heterocycles. The number of aromatic nitrogens is 2. The number of carbonyl (C=O) groups is 2. The summed E-state index contributed by atoms with van der Waals surface area (Å²) in [5, 5.41) is 5.89. The Morgan fingerprint density at radius 2 is 1.14 bits per heavy atom. The Balaban J connectivity index is 0.000000240. The predicted octanol–water partition coefficient (Wildman–Crippen LogP) is -1.35. The van der Waals surface area contributed by atoms with Gasteiger partial charge in [0.15, 0.2) is 11.9 Å². The summed E-state index contributed by atoms with van der Waals surface area (Å²) in [5.74, 6) is 1.71. The van der Waals surface area contributed by atoms with Gasteiger partial charge in [0.05, 0.1) is 32.8 Å². The van der Waals surface area contributed by atoms with E-state index in [4.69, 9.17) is 18.9 Å². The zero-order valence-corrected chi connectivity index (χ0v) is 38.8. The lowest BCUT2D eigenvalue weighted by Crippen LogP contribution is -3.14. The van der Waals surface area contributed by atoms with Gasteiger partial charge < -0.3 is 59.3 Å². The highest BCUT2D eigenvalue weighted by Crippen LogP contribution is 2.23. The first kappa shape index (κ1) is 51.1. The van der Waals surface area contributed by atoms with Gasteiger partial charge in [-0.25, -0.2) is 4.98 Å². The van der Waals surface area contributed by atoms with Crippen LogP contribution in [0.15, 0.2) is 146 Å². The molecule has 4 N–H and O–H groups in total. The topological polar surface area (TPSA) is 130 Å². The number of morpholine rings is 2. The third-order valence-electron chi connectivity index (χ3n) is 11.1. The Kier molecular flexibility index (Phi) is 21.9. The number of H-pyrrole nitrogens is 1. The average molecular weight is 936 g/mol. The van der Waals surface area contributed by atoms with Crippen molar-refractivity contribution >= 4 is 11.8 Å². The number of amides is 2. The number of hydrogen-bond acceptors (Lipinski definition) is 8. The summed E-state index contributed by atoms with van der Waals surface area (Å²) in [4.78, 5) is 36.0. The van der Waals surface area contributed by atoms with E-state index < -0.39 is 0 Å². The van der Waals surface area contributed by atoms with Gasteiger partial charge in [-0.15, -0.1) is 0 Å². The number of ether oxygens (including phenoxy) is 4. The van der Waals surface area contributed by atoms with E-state index >= 15 is 0 Å². The maximum absolute atomic E-state index is 12.2. The maximum Gasteiger partial charge on any atom is 0.230 e. The van der Waals surface area contributed by atoms with Crippen LogP contribution < -0.4 is 54.8 Å². The number of quaternary nitrogens is 1. The summed E-state index contributed by atoms with van der Waals surface area (Å²) >= 11 is 0. The molecule has 4 heterocycles. The van der Waals surface area contributed by atoms with E-state index in [1.807, 2.05) is 134 Å². The summed E-state index contributed by atoms with van der Waals surface area (Å²) in [5.41, 5.74) is 8.06. The Hall–Kier alpha value is -5.86. The van der Waals surface area contributed by atoms with Crippen molar-refractivity contribution in [3.05, 3.63) is 168 Å². The van der Waals surface area contributed by atoms with Gasteiger partial charge in [-0.2, -0.15) is 0 Å². The quantitative estimate of drug-likeness (QED) is 0.0967. The lowest BCUT2D eigenvalue weighted by Gasteiger charge is -2.26. The third kappa shape index (κ3) is 17.5. The monoisotopic (exact) mass is 934 g/mol. The zero-order valence-electron chi connectivity index (χ0n) is 37.3. The SMILES string of the molecule is O=C(Cc1ccc(-c2ccc(OCCN3CCOCC3)cc2)cn1)NCc1ccccc1.O=C(Cc1ccc(-c2ccc(OCC[NH+]3CCOCC3)cc2)c[nH+]1)NCc1ccccc1.[Cl-].[Cl-]. The average Bonchev–Trinajstić information content (AvgIpc) is 3.35. The van der Waals surface area contributed by atoms with Crippen molar-refractivity contribution in [1.82, 2.24) is 20.5 Å². The summed E-state index contributed by atoms with van der Waals surface area (Å²) in [7, 11) is 0. The first-order valence-corrected chi connectivity index (χ1v) is 22.3. The second kappa shape index (κ2) is 28.2. The molecule has 0 aliphatic carbocycles. The summed E-state index contributed by atoms with van der Waals surface area (Å²) < 4.78 is 22.5. The maximum atomic E-state index is 12.2. The molecule has 66 heavy (non-hydrogen) atoms. The van der Waals surface area contributed by atoms with Crippen LogP contribution in [-0.2, 0) is 45.0 Å². The molecule has 8 rings (SSSR count). The molecule has 0 bridgehead atoms. The van der Waals surface area contributed by atoms with E-state index in [0.29, 0.717) is 32.7 Å². The van der Waals surface area contributed by atoms with E-state index in [1.54, 1.807) is 0 Å². The van der Waals surface area contributed by atoms with Crippen molar-refractivity contribution in [2.75, 3.05) is 78.9 Å². The van der Waals surface area contributed by atoms with Gasteiger partial charge in [0.1, 0.15) is 50.8 Å². The van der Waals surface area contributed by atoms with E-state index in [9.17, 15) is 9.59 Å². The molecule has 12 nitrogen and oxygen atoms in total. The minimum Gasteiger partial charge on any atom is -1.00 e. The molecule has 348 valence electrons. The molecule has 0 radical (unpaired) electrons. The largest absolute Gasteiger partial charge is 1.00 e. The highest BCUT2D eigenvalue weighted by atomic mass is 35.5. The number of rotatable bonds is 18. The van der Waals surface area contributed by atoms with Gasteiger partial charge in [-0.1, -0.05) is 91.0 Å². The van der Waals surface area contributed by atoms with Crippen LogP contribution in [0.2, 0.25) is 0 Å². The number of nitrogens with one attached hydrogen (secondary N) is 4. The number of nitrogens with zero attached hydrogens (tertiary/aromatic N) is 2. The van der Waals surface area contributed by atoms with Crippen molar-refractivity contribution < 1.29 is 63.2 Å². The summed E-state index contributed by atoms with van der Waals surface area (Å²) in [6, 6.07) is 43.9. The fourth-order valence-corrected chi connectivity index (χ4v) is 7.33. The molecule has 2 amide bonds. The van der Waals surface area contributed by atoms with Crippen LogP contribution in [0.5, 0.6) is 11.5 Å². The second-order valence-electron chi connectivity index (χ2n) is 15.8. The van der Waals surface area contributed by atoms with Crippen LogP contribution in [0, 0.1) is 0 Å². The number of hydrogen-bond donors (Lipinski definition) is 3. The molecular formula is C52H60Cl2N6O6. The van der Waals surface area contributed by atoms with Gasteiger partial charge in [0.25, 0.3) is 0 Å². The second-order valence-corrected chi connectivity index (χ2v) is 15.8. The highest BCUT2D eigenvalue weighted by Gasteiger charge is 2.15. The number of aromatic amines is 1. The van der Waals surface area contributed by atoms with Crippen LogP contribution in [0.1, 0.15) is 22.5 Å². The first-order chi connectivity index (χ1) is 31.5. The minimum atomic E-state index is -0.0346. The van der Waals surface area contributed by atoms with Gasteiger partial charge in [0, 0.05) is 61.8 Å². The van der Waals surface area contributed by atoms with Gasteiger partial charge in [-0.3, -0.25) is 19.5 Å². The van der Waals surface area contributed by atoms with Gasteiger partial charge in [0.2, 0.25) is 11.8 Å². The Labute approximate surface area is 400 Å². The Morgan fingerprint density at radius 3 is 1.70 bits per heavy atom. The molecule has 2 saturated heterocycles. The van der Waals surface area contributed by atoms with Crippen molar-refractivity contribution in [1.29, 1.82) is 0 Å². The van der Waals surface area contributed by atoms with E-state index in [2.05, 4.69) is 37.6 Å². The van der Waals surface area contributed by atoms with E-state index in [0.717, 1.165) is 122 Å². The zero-order chi connectivity index (χ0) is 44.0. The normalized spacial score (nSPS) is 13.7. The third-order valence-corrected chi connectivity index (χ3v) is 11.1. The fraction of sp³-hybridized carbons (Fsp3) is 0.308.